The van der Waals surface area contributed by atoms with Crippen molar-refractivity contribution in [2.75, 3.05) is 0 Å². The molecule has 0 aliphatic heterocycles. The van der Waals surface area contributed by atoms with E-state index in [2.05, 4.69) is 34.2 Å². The molecule has 0 amide bonds. The van der Waals surface area contributed by atoms with Crippen LogP contribution in [0.3, 0.4) is 0 Å². The van der Waals surface area contributed by atoms with Crippen LogP contribution in [0.4, 0.5) is 0 Å². The fourth-order valence-electron chi connectivity index (χ4n) is 1.73. The summed E-state index contributed by atoms with van der Waals surface area (Å²) in [6.45, 7) is 4.84. The third kappa shape index (κ3) is 3.72. The summed E-state index contributed by atoms with van der Waals surface area (Å²) in [5.41, 5.74) is -0.168. The topological polar surface area (TPSA) is 89.6 Å². The molecular weight excluding hydrogens is 278 g/mol. The number of thioether (sulfide) groups is 1. The first-order chi connectivity index (χ1) is 9.74. The number of aromatic nitrogens is 5. The van der Waals surface area contributed by atoms with Gasteiger partial charge < -0.3 is 4.52 Å². The summed E-state index contributed by atoms with van der Waals surface area (Å²) in [5.74, 6) is 1.82. The Morgan fingerprint density at radius 3 is 2.95 bits per heavy atom. The molecule has 0 radical (unpaired) electrons. The van der Waals surface area contributed by atoms with Crippen molar-refractivity contribution in [1.82, 2.24) is 24.9 Å². The van der Waals surface area contributed by atoms with Crippen LogP contribution in [0.2, 0.25) is 0 Å². The van der Waals surface area contributed by atoms with Gasteiger partial charge in [0, 0.05) is 13.0 Å². The molecule has 0 bridgehead atoms. The Morgan fingerprint density at radius 1 is 1.35 bits per heavy atom. The van der Waals surface area contributed by atoms with Gasteiger partial charge in [0.25, 0.3) is 0 Å². The molecule has 2 heterocycles. The van der Waals surface area contributed by atoms with Crippen molar-refractivity contribution in [2.24, 2.45) is 0 Å². The summed E-state index contributed by atoms with van der Waals surface area (Å²) >= 11 is 1.43. The molecule has 8 heteroatoms. The Balaban J connectivity index is 1.97. The first-order valence-corrected chi connectivity index (χ1v) is 7.82. The van der Waals surface area contributed by atoms with Crippen LogP contribution >= 0.6 is 11.8 Å². The van der Waals surface area contributed by atoms with Gasteiger partial charge in [-0.25, -0.2) is 9.89 Å². The highest BCUT2D eigenvalue weighted by Gasteiger charge is 2.11. The molecule has 0 saturated heterocycles. The van der Waals surface area contributed by atoms with Gasteiger partial charge in [0.15, 0.2) is 11.0 Å². The summed E-state index contributed by atoms with van der Waals surface area (Å²) in [5, 5.41) is 11.1. The largest absolute Gasteiger partial charge is 0.343 e. The molecule has 0 aliphatic carbocycles. The van der Waals surface area contributed by atoms with Crippen LogP contribution in [-0.2, 0) is 18.7 Å². The second-order valence-corrected chi connectivity index (χ2v) is 5.40. The predicted molar refractivity (Wildman–Crippen MR) is 75.6 cm³/mol. The van der Waals surface area contributed by atoms with Crippen molar-refractivity contribution in [1.29, 1.82) is 0 Å². The Morgan fingerprint density at radius 2 is 2.20 bits per heavy atom. The average molecular weight is 297 g/mol. The molecule has 0 aromatic carbocycles. The van der Waals surface area contributed by atoms with Crippen molar-refractivity contribution >= 4 is 11.8 Å². The number of H-pyrrole nitrogens is 1. The molecule has 2 aromatic heterocycles. The molecule has 2 rings (SSSR count). The molecule has 110 valence electrons. The maximum atomic E-state index is 11.6. The zero-order chi connectivity index (χ0) is 14.4. The molecular formula is C12H19N5O2S. The van der Waals surface area contributed by atoms with E-state index in [0.29, 0.717) is 23.3 Å². The van der Waals surface area contributed by atoms with Crippen LogP contribution in [0.5, 0.6) is 0 Å². The quantitative estimate of drug-likeness (QED) is 0.750. The summed E-state index contributed by atoms with van der Waals surface area (Å²) < 4.78 is 6.81. The van der Waals surface area contributed by atoms with E-state index in [-0.39, 0.29) is 5.69 Å². The number of aromatic amines is 1. The highest BCUT2D eigenvalue weighted by Crippen LogP contribution is 2.19. The molecule has 1 N–H and O–H groups in total. The third-order valence-corrected chi connectivity index (χ3v) is 3.73. The second kappa shape index (κ2) is 7.28. The molecule has 7 nitrogen and oxygen atoms in total. The zero-order valence-corrected chi connectivity index (χ0v) is 12.6. The summed E-state index contributed by atoms with van der Waals surface area (Å²) in [4.78, 5) is 15.9. The summed E-state index contributed by atoms with van der Waals surface area (Å²) in [7, 11) is 0. The van der Waals surface area contributed by atoms with Crippen molar-refractivity contribution < 1.29 is 4.52 Å². The van der Waals surface area contributed by atoms with Crippen LogP contribution < -0.4 is 5.69 Å². The molecule has 0 unspecified atom stereocenters. The van der Waals surface area contributed by atoms with Crippen LogP contribution in [0, 0.1) is 0 Å². The minimum atomic E-state index is -0.168. The lowest BCUT2D eigenvalue weighted by Crippen LogP contribution is -2.17. The van der Waals surface area contributed by atoms with E-state index in [1.807, 2.05) is 0 Å². The number of nitrogens with zero attached hydrogens (tertiary/aromatic N) is 4. The summed E-state index contributed by atoms with van der Waals surface area (Å²) in [6, 6.07) is 0. The minimum Gasteiger partial charge on any atom is -0.338 e. The van der Waals surface area contributed by atoms with E-state index in [1.165, 1.54) is 11.8 Å². The molecule has 2 aromatic rings. The number of nitrogens with one attached hydrogen (secondary N) is 1. The van der Waals surface area contributed by atoms with Gasteiger partial charge >= 0.3 is 5.69 Å². The van der Waals surface area contributed by atoms with Gasteiger partial charge in [0.2, 0.25) is 5.89 Å². The average Bonchev–Trinajstić information content (AvgIpc) is 3.02. The molecule has 0 saturated carbocycles. The third-order valence-electron chi connectivity index (χ3n) is 2.77. The van der Waals surface area contributed by atoms with Gasteiger partial charge in [0.05, 0.1) is 5.75 Å². The number of rotatable bonds is 8. The highest BCUT2D eigenvalue weighted by atomic mass is 32.2. The van der Waals surface area contributed by atoms with Crippen molar-refractivity contribution in [3.05, 3.63) is 22.2 Å². The van der Waals surface area contributed by atoms with E-state index in [9.17, 15) is 4.79 Å². The smallest absolute Gasteiger partial charge is 0.338 e. The van der Waals surface area contributed by atoms with Gasteiger partial charge in [-0.3, -0.25) is 4.57 Å². The normalized spacial score (nSPS) is 11.1. The molecule has 0 aliphatic rings. The van der Waals surface area contributed by atoms with Crippen molar-refractivity contribution in [2.45, 2.75) is 57.0 Å². The van der Waals surface area contributed by atoms with E-state index < -0.39 is 0 Å². The lowest BCUT2D eigenvalue weighted by Gasteiger charge is -2.02. The standard InChI is InChI=1S/C12H19N5O2S/c1-3-5-7-17-11(18)14-15-12(17)20-8-10-13-9(6-4-2)16-19-10/h3-8H2,1-2H3,(H,14,18). The lowest BCUT2D eigenvalue weighted by atomic mass is 10.3. The van der Waals surface area contributed by atoms with E-state index in [0.717, 1.165) is 31.5 Å². The fraction of sp³-hybridized carbons (Fsp3) is 0.667. The number of unbranched alkanes of at least 4 members (excludes halogenated alkanes) is 1. The second-order valence-electron chi connectivity index (χ2n) is 4.46. The summed E-state index contributed by atoms with van der Waals surface area (Å²) in [6.07, 6.45) is 3.79. The lowest BCUT2D eigenvalue weighted by molar-refractivity contribution is 0.384. The highest BCUT2D eigenvalue weighted by molar-refractivity contribution is 7.98. The van der Waals surface area contributed by atoms with Gasteiger partial charge in [-0.15, -0.1) is 5.10 Å². The minimum absolute atomic E-state index is 0.168. The van der Waals surface area contributed by atoms with E-state index in [4.69, 9.17) is 4.52 Å². The predicted octanol–water partition coefficient (Wildman–Crippen LogP) is 2.00. The van der Waals surface area contributed by atoms with E-state index in [1.54, 1.807) is 4.57 Å². The van der Waals surface area contributed by atoms with Crippen LogP contribution in [0.1, 0.15) is 44.8 Å². The van der Waals surface area contributed by atoms with Crippen LogP contribution in [0.15, 0.2) is 14.5 Å². The van der Waals surface area contributed by atoms with Crippen LogP contribution in [0.25, 0.3) is 0 Å². The van der Waals surface area contributed by atoms with Gasteiger partial charge in [-0.2, -0.15) is 4.98 Å². The number of hydrogen-bond donors (Lipinski definition) is 1. The maximum absolute atomic E-state index is 11.6. The SMILES string of the molecule is CCCCn1c(SCc2nc(CCC)no2)n[nH]c1=O. The Hall–Kier alpha value is -1.57. The monoisotopic (exact) mass is 297 g/mol. The maximum Gasteiger partial charge on any atom is 0.343 e. The molecule has 0 fully saturated rings. The Labute approximate surface area is 121 Å². The van der Waals surface area contributed by atoms with Gasteiger partial charge in [0.1, 0.15) is 0 Å². The molecule has 0 spiro atoms. The first kappa shape index (κ1) is 14.8. The first-order valence-electron chi connectivity index (χ1n) is 6.84. The number of aryl methyl sites for hydroxylation is 1. The van der Waals surface area contributed by atoms with Crippen molar-refractivity contribution in [3.63, 3.8) is 0 Å². The molecule has 0 atom stereocenters. The molecule has 20 heavy (non-hydrogen) atoms. The Bertz CT molecular complexity index is 589. The van der Waals surface area contributed by atoms with Crippen LogP contribution in [-0.4, -0.2) is 24.9 Å². The van der Waals surface area contributed by atoms with Gasteiger partial charge in [-0.05, 0) is 12.8 Å². The van der Waals surface area contributed by atoms with Crippen molar-refractivity contribution in [3.8, 4) is 0 Å². The Kier molecular flexibility index (Phi) is 5.40. The fourth-order valence-corrected chi connectivity index (χ4v) is 2.54. The zero-order valence-electron chi connectivity index (χ0n) is 11.8. The van der Waals surface area contributed by atoms with Gasteiger partial charge in [-0.1, -0.05) is 37.2 Å². The number of hydrogen-bond acceptors (Lipinski definition) is 6. The van der Waals surface area contributed by atoms with E-state index >= 15 is 0 Å².